The van der Waals surface area contributed by atoms with Gasteiger partial charge < -0.3 is 20.5 Å². The Hall–Kier alpha value is -4.91. The molecule has 0 atom stereocenters. The number of carbonyl (C=O) groups excluding carboxylic acids is 2. The highest BCUT2D eigenvalue weighted by atomic mass is 16.5. The molecule has 168 valence electrons. The third kappa shape index (κ3) is 5.46. The summed E-state index contributed by atoms with van der Waals surface area (Å²) in [7, 11) is 0. The molecule has 34 heavy (non-hydrogen) atoms. The van der Waals surface area contributed by atoms with Gasteiger partial charge in [0.05, 0.1) is 5.69 Å². The first kappa shape index (κ1) is 22.3. The monoisotopic (exact) mass is 451 g/mol. The Balaban J connectivity index is 1.58. The maximum absolute atomic E-state index is 12.0. The number of anilines is 1. The van der Waals surface area contributed by atoms with Crippen molar-refractivity contribution in [3.63, 3.8) is 0 Å². The zero-order chi connectivity index (χ0) is 23.9. The highest BCUT2D eigenvalue weighted by Gasteiger charge is 2.15. The number of rotatable bonds is 8. The Kier molecular flexibility index (Phi) is 6.65. The van der Waals surface area contributed by atoms with Gasteiger partial charge in [0.1, 0.15) is 22.8 Å². The van der Waals surface area contributed by atoms with Crippen molar-refractivity contribution in [3.05, 3.63) is 109 Å². The molecule has 0 aliphatic heterocycles. The number of amides is 2. The summed E-state index contributed by atoms with van der Waals surface area (Å²) < 4.78 is 11.7. The molecule has 3 aromatic carbocycles. The van der Waals surface area contributed by atoms with Gasteiger partial charge in [-0.05, 0) is 66.7 Å². The number of ether oxygens (including phenoxy) is 2. The fourth-order valence-electron chi connectivity index (χ4n) is 3.13. The Morgan fingerprint density at radius 3 is 2.18 bits per heavy atom. The van der Waals surface area contributed by atoms with Gasteiger partial charge in [0.2, 0.25) is 11.8 Å². The van der Waals surface area contributed by atoms with Gasteiger partial charge in [-0.15, -0.1) is 0 Å². The second-order valence-electron chi connectivity index (χ2n) is 7.18. The largest absolute Gasteiger partial charge is 0.457 e. The molecule has 0 aliphatic carbocycles. The number of hydrogen-bond acceptors (Lipinski definition) is 5. The van der Waals surface area contributed by atoms with E-state index >= 15 is 0 Å². The van der Waals surface area contributed by atoms with Crippen molar-refractivity contribution < 1.29 is 19.1 Å². The molecule has 7 nitrogen and oxygen atoms in total. The van der Waals surface area contributed by atoms with Crippen molar-refractivity contribution in [3.8, 4) is 34.4 Å². The van der Waals surface area contributed by atoms with E-state index in [2.05, 4.69) is 16.9 Å². The van der Waals surface area contributed by atoms with Crippen LogP contribution >= 0.6 is 0 Å². The van der Waals surface area contributed by atoms with Crippen molar-refractivity contribution in [2.75, 3.05) is 5.32 Å². The van der Waals surface area contributed by atoms with E-state index in [1.807, 2.05) is 36.4 Å². The zero-order valence-electron chi connectivity index (χ0n) is 18.1. The average molecular weight is 451 g/mol. The van der Waals surface area contributed by atoms with Gasteiger partial charge >= 0.3 is 0 Å². The van der Waals surface area contributed by atoms with Gasteiger partial charge in [-0.25, -0.2) is 4.98 Å². The number of para-hydroxylation sites is 1. The Bertz CT molecular complexity index is 1340. The topological polar surface area (TPSA) is 104 Å². The molecule has 0 saturated carbocycles. The second-order valence-corrected chi connectivity index (χ2v) is 7.18. The zero-order valence-corrected chi connectivity index (χ0v) is 18.1. The van der Waals surface area contributed by atoms with Crippen LogP contribution in [0.15, 0.2) is 104 Å². The first-order chi connectivity index (χ1) is 16.5. The van der Waals surface area contributed by atoms with E-state index in [0.717, 1.165) is 0 Å². The lowest BCUT2D eigenvalue weighted by atomic mass is 10.1. The molecule has 0 radical (unpaired) electrons. The minimum Gasteiger partial charge on any atom is -0.457 e. The van der Waals surface area contributed by atoms with Crippen LogP contribution in [0.1, 0.15) is 10.4 Å². The summed E-state index contributed by atoms with van der Waals surface area (Å²) in [5, 5.41) is 2.71. The van der Waals surface area contributed by atoms with E-state index in [0.29, 0.717) is 34.2 Å². The fourth-order valence-corrected chi connectivity index (χ4v) is 3.13. The summed E-state index contributed by atoms with van der Waals surface area (Å²) in [6.07, 6.45) is 1.19. The summed E-state index contributed by atoms with van der Waals surface area (Å²) >= 11 is 0. The van der Waals surface area contributed by atoms with Crippen LogP contribution in [0.25, 0.3) is 11.3 Å². The number of nitrogens with zero attached hydrogens (tertiary/aromatic N) is 1. The van der Waals surface area contributed by atoms with Crippen molar-refractivity contribution in [2.24, 2.45) is 5.73 Å². The van der Waals surface area contributed by atoms with Crippen LogP contribution in [0.5, 0.6) is 23.1 Å². The van der Waals surface area contributed by atoms with Crippen LogP contribution in [-0.4, -0.2) is 16.8 Å². The van der Waals surface area contributed by atoms with Gasteiger partial charge in [0, 0.05) is 11.3 Å². The predicted molar refractivity (Wildman–Crippen MR) is 130 cm³/mol. The van der Waals surface area contributed by atoms with Gasteiger partial charge in [-0.1, -0.05) is 36.9 Å². The SMILES string of the molecule is C=CC(=O)Nc1cccc(-c2ccc(C(N)=O)c(Oc3ccc(Oc4ccccc4)cc3)n2)c1. The number of nitrogens with one attached hydrogen (secondary N) is 1. The number of aromatic nitrogens is 1. The molecule has 0 spiro atoms. The fraction of sp³-hybridized carbons (Fsp3) is 0. The Morgan fingerprint density at radius 2 is 1.50 bits per heavy atom. The van der Waals surface area contributed by atoms with Crippen molar-refractivity contribution >= 4 is 17.5 Å². The molecule has 0 aliphatic rings. The van der Waals surface area contributed by atoms with E-state index in [-0.39, 0.29) is 17.4 Å². The minimum absolute atomic E-state index is 0.0715. The van der Waals surface area contributed by atoms with Crippen molar-refractivity contribution in [1.82, 2.24) is 4.98 Å². The van der Waals surface area contributed by atoms with Gasteiger partial charge in [0.25, 0.3) is 5.91 Å². The van der Waals surface area contributed by atoms with Gasteiger partial charge in [-0.2, -0.15) is 0 Å². The van der Waals surface area contributed by atoms with E-state index in [1.165, 1.54) is 6.08 Å². The van der Waals surface area contributed by atoms with Crippen LogP contribution in [0.3, 0.4) is 0 Å². The maximum atomic E-state index is 12.0. The normalized spacial score (nSPS) is 10.2. The van der Waals surface area contributed by atoms with Crippen LogP contribution in [-0.2, 0) is 4.79 Å². The lowest BCUT2D eigenvalue weighted by molar-refractivity contribution is -0.111. The number of benzene rings is 3. The number of nitrogens with two attached hydrogens (primary N) is 1. The molecule has 1 aromatic heterocycles. The van der Waals surface area contributed by atoms with E-state index < -0.39 is 5.91 Å². The summed E-state index contributed by atoms with van der Waals surface area (Å²) in [5.74, 6) is 0.895. The minimum atomic E-state index is -0.662. The molecule has 0 unspecified atom stereocenters. The lowest BCUT2D eigenvalue weighted by Gasteiger charge is -2.12. The molecule has 3 N–H and O–H groups in total. The molecule has 4 rings (SSSR count). The summed E-state index contributed by atoms with van der Waals surface area (Å²) in [5.41, 5.74) is 7.51. The third-order valence-corrected chi connectivity index (χ3v) is 4.75. The second kappa shape index (κ2) is 10.1. The van der Waals surface area contributed by atoms with Gasteiger partial charge in [-0.3, -0.25) is 9.59 Å². The summed E-state index contributed by atoms with van der Waals surface area (Å²) in [4.78, 5) is 28.1. The predicted octanol–water partition coefficient (Wildman–Crippen LogP) is 5.56. The van der Waals surface area contributed by atoms with Gasteiger partial charge in [0.15, 0.2) is 0 Å². The standard InChI is InChI=1S/C27H21N3O4/c1-2-25(31)29-19-8-6-7-18(17-19)24-16-15-23(26(28)32)27(30-24)34-22-13-11-21(12-14-22)33-20-9-4-3-5-10-20/h2-17H,1H2,(H2,28,32)(H,29,31). The number of pyridine rings is 1. The smallest absolute Gasteiger partial charge is 0.254 e. The number of carbonyl (C=O) groups is 2. The molecular formula is C27H21N3O4. The number of hydrogen-bond donors (Lipinski definition) is 2. The molecule has 0 saturated heterocycles. The van der Waals surface area contributed by atoms with E-state index in [9.17, 15) is 9.59 Å². The quantitative estimate of drug-likeness (QED) is 0.342. The molecule has 4 aromatic rings. The van der Waals surface area contributed by atoms with Crippen LogP contribution in [0.4, 0.5) is 5.69 Å². The highest BCUT2D eigenvalue weighted by molar-refractivity contribution is 5.99. The highest BCUT2D eigenvalue weighted by Crippen LogP contribution is 2.30. The molecule has 1 heterocycles. The third-order valence-electron chi connectivity index (χ3n) is 4.75. The Morgan fingerprint density at radius 1 is 0.824 bits per heavy atom. The van der Waals surface area contributed by atoms with E-state index in [4.69, 9.17) is 15.2 Å². The van der Waals surface area contributed by atoms with E-state index in [1.54, 1.807) is 54.6 Å². The summed E-state index contributed by atoms with van der Waals surface area (Å²) in [6, 6.07) is 26.7. The van der Waals surface area contributed by atoms with Crippen molar-refractivity contribution in [1.29, 1.82) is 0 Å². The van der Waals surface area contributed by atoms with Crippen LogP contribution in [0, 0.1) is 0 Å². The first-order valence-electron chi connectivity index (χ1n) is 10.4. The van der Waals surface area contributed by atoms with Crippen LogP contribution < -0.4 is 20.5 Å². The maximum Gasteiger partial charge on any atom is 0.254 e. The first-order valence-corrected chi connectivity index (χ1v) is 10.4. The molecule has 7 heteroatoms. The molecular weight excluding hydrogens is 430 g/mol. The Labute approximate surface area is 196 Å². The van der Waals surface area contributed by atoms with Crippen molar-refractivity contribution in [2.45, 2.75) is 0 Å². The summed E-state index contributed by atoms with van der Waals surface area (Å²) in [6.45, 7) is 3.45. The average Bonchev–Trinajstić information content (AvgIpc) is 2.86. The molecule has 0 bridgehead atoms. The van der Waals surface area contributed by atoms with Crippen LogP contribution in [0.2, 0.25) is 0 Å². The molecule has 0 fully saturated rings. The number of primary amides is 1. The molecule has 2 amide bonds. The lowest BCUT2D eigenvalue weighted by Crippen LogP contribution is -2.13.